The summed E-state index contributed by atoms with van der Waals surface area (Å²) in [4.78, 5) is 7.94. The molecule has 0 amide bonds. The number of rotatable bonds is 5. The molecule has 17 heavy (non-hydrogen) atoms. The van der Waals surface area contributed by atoms with Crippen LogP contribution in [0.5, 0.6) is 0 Å². The van der Waals surface area contributed by atoms with Crippen LogP contribution in [0.4, 0.5) is 0 Å². The Bertz CT molecular complexity index is 449. The predicted molar refractivity (Wildman–Crippen MR) is 65.7 cm³/mol. The minimum absolute atomic E-state index is 0.652. The van der Waals surface area contributed by atoms with Gasteiger partial charge < -0.3 is 5.32 Å². The lowest BCUT2D eigenvalue weighted by Gasteiger charge is -2.05. The molecule has 0 unspecified atom stereocenters. The third-order valence-corrected chi connectivity index (χ3v) is 2.31. The molecule has 2 aromatic rings. The van der Waals surface area contributed by atoms with Gasteiger partial charge in [0.15, 0.2) is 0 Å². The lowest BCUT2D eigenvalue weighted by molar-refractivity contribution is 0.546. The zero-order valence-electron chi connectivity index (χ0n) is 10.2. The molecule has 0 radical (unpaired) electrons. The third kappa shape index (κ3) is 3.35. The first-order valence-corrected chi connectivity index (χ1v) is 5.76. The molecule has 0 aliphatic rings. The monoisotopic (exact) mass is 231 g/mol. The second-order valence-corrected chi connectivity index (χ2v) is 4.37. The van der Waals surface area contributed by atoms with Gasteiger partial charge in [0.25, 0.3) is 0 Å². The number of hydrogen-bond acceptors (Lipinski definition) is 4. The van der Waals surface area contributed by atoms with Gasteiger partial charge in [0.05, 0.1) is 18.1 Å². The maximum absolute atomic E-state index is 4.45. The first-order chi connectivity index (χ1) is 8.25. The summed E-state index contributed by atoms with van der Waals surface area (Å²) < 4.78 is 1.78. The number of nitrogens with one attached hydrogen (secondary N) is 1. The molecule has 2 aromatic heterocycles. The van der Waals surface area contributed by atoms with Crippen LogP contribution in [0.15, 0.2) is 31.0 Å². The molecule has 0 aromatic carbocycles. The van der Waals surface area contributed by atoms with Gasteiger partial charge in [-0.25, -0.2) is 14.6 Å². The topological polar surface area (TPSA) is 55.6 Å². The normalized spacial score (nSPS) is 11.0. The van der Waals surface area contributed by atoms with Gasteiger partial charge in [-0.3, -0.25) is 0 Å². The Morgan fingerprint density at radius 2 is 2.06 bits per heavy atom. The van der Waals surface area contributed by atoms with E-state index in [0.29, 0.717) is 5.92 Å². The first kappa shape index (κ1) is 11.7. The average molecular weight is 231 g/mol. The van der Waals surface area contributed by atoms with Gasteiger partial charge in [-0.2, -0.15) is 5.10 Å². The minimum atomic E-state index is 0.652. The Labute approximate surface area is 101 Å². The SMILES string of the molecule is CC(C)CNCc1ccn(-c2cncnc2)n1. The zero-order valence-corrected chi connectivity index (χ0v) is 10.2. The molecule has 5 heteroatoms. The maximum atomic E-state index is 4.45. The molecule has 0 saturated carbocycles. The van der Waals surface area contributed by atoms with Crippen LogP contribution in [0.3, 0.4) is 0 Å². The third-order valence-electron chi connectivity index (χ3n) is 2.31. The largest absolute Gasteiger partial charge is 0.311 e. The van der Waals surface area contributed by atoms with Crippen LogP contribution in [-0.4, -0.2) is 26.3 Å². The summed E-state index contributed by atoms with van der Waals surface area (Å²) in [6, 6.07) is 2.00. The van der Waals surface area contributed by atoms with Gasteiger partial charge in [-0.15, -0.1) is 0 Å². The van der Waals surface area contributed by atoms with Crippen LogP contribution in [-0.2, 0) is 6.54 Å². The second kappa shape index (κ2) is 5.54. The summed E-state index contributed by atoms with van der Waals surface area (Å²) in [6.45, 7) is 6.17. The molecule has 0 atom stereocenters. The molecule has 1 N–H and O–H groups in total. The van der Waals surface area contributed by atoms with Crippen molar-refractivity contribution in [3.63, 3.8) is 0 Å². The van der Waals surface area contributed by atoms with Crippen LogP contribution in [0.1, 0.15) is 19.5 Å². The van der Waals surface area contributed by atoms with Crippen molar-refractivity contribution in [1.29, 1.82) is 0 Å². The fourth-order valence-electron chi connectivity index (χ4n) is 1.50. The maximum Gasteiger partial charge on any atom is 0.115 e. The summed E-state index contributed by atoms with van der Waals surface area (Å²) in [6.07, 6.45) is 6.92. The minimum Gasteiger partial charge on any atom is -0.311 e. The zero-order chi connectivity index (χ0) is 12.1. The quantitative estimate of drug-likeness (QED) is 0.845. The highest BCUT2D eigenvalue weighted by Gasteiger charge is 2.01. The van der Waals surface area contributed by atoms with E-state index in [4.69, 9.17) is 0 Å². The molecule has 0 aliphatic carbocycles. The van der Waals surface area contributed by atoms with Crippen LogP contribution in [0, 0.1) is 5.92 Å². The van der Waals surface area contributed by atoms with E-state index in [1.54, 1.807) is 17.1 Å². The molecule has 2 rings (SSSR count). The number of hydrogen-bond donors (Lipinski definition) is 1. The highest BCUT2D eigenvalue weighted by molar-refractivity contribution is 5.23. The van der Waals surface area contributed by atoms with Crippen molar-refractivity contribution < 1.29 is 0 Å². The Kier molecular flexibility index (Phi) is 3.82. The van der Waals surface area contributed by atoms with E-state index in [9.17, 15) is 0 Å². The lowest BCUT2D eigenvalue weighted by Crippen LogP contribution is -2.19. The molecule has 0 aliphatic heterocycles. The van der Waals surface area contributed by atoms with Crippen LogP contribution in [0.2, 0.25) is 0 Å². The van der Waals surface area contributed by atoms with Gasteiger partial charge in [-0.1, -0.05) is 13.8 Å². The van der Waals surface area contributed by atoms with Gasteiger partial charge in [-0.05, 0) is 18.5 Å². The van der Waals surface area contributed by atoms with E-state index in [0.717, 1.165) is 24.5 Å². The highest BCUT2D eigenvalue weighted by atomic mass is 15.3. The Hall–Kier alpha value is -1.75. The van der Waals surface area contributed by atoms with Gasteiger partial charge >= 0.3 is 0 Å². The Morgan fingerprint density at radius 1 is 1.29 bits per heavy atom. The van der Waals surface area contributed by atoms with Crippen molar-refractivity contribution >= 4 is 0 Å². The lowest BCUT2D eigenvalue weighted by atomic mass is 10.2. The van der Waals surface area contributed by atoms with Crippen LogP contribution < -0.4 is 5.32 Å². The van der Waals surface area contributed by atoms with Crippen molar-refractivity contribution in [1.82, 2.24) is 25.1 Å². The smallest absolute Gasteiger partial charge is 0.115 e. The van der Waals surface area contributed by atoms with E-state index in [1.807, 2.05) is 12.3 Å². The molecule has 90 valence electrons. The van der Waals surface area contributed by atoms with Crippen LogP contribution >= 0.6 is 0 Å². The summed E-state index contributed by atoms with van der Waals surface area (Å²) in [5.41, 5.74) is 1.90. The van der Waals surface area contributed by atoms with Gasteiger partial charge in [0.1, 0.15) is 12.0 Å². The highest BCUT2D eigenvalue weighted by Crippen LogP contribution is 2.04. The van der Waals surface area contributed by atoms with Crippen molar-refractivity contribution in [2.45, 2.75) is 20.4 Å². The summed E-state index contributed by atoms with van der Waals surface area (Å²) >= 11 is 0. The van der Waals surface area contributed by atoms with Crippen molar-refractivity contribution in [2.24, 2.45) is 5.92 Å². The predicted octanol–water partition coefficient (Wildman–Crippen LogP) is 1.41. The molecule has 0 saturated heterocycles. The standard InChI is InChI=1S/C12H17N5/c1-10(2)5-13-6-11-3-4-17(16-11)12-7-14-9-15-8-12/h3-4,7-10,13H,5-6H2,1-2H3. The Morgan fingerprint density at radius 3 is 2.76 bits per heavy atom. The average Bonchev–Trinajstić information content (AvgIpc) is 2.78. The van der Waals surface area contributed by atoms with Crippen molar-refractivity contribution in [3.8, 4) is 5.69 Å². The second-order valence-electron chi connectivity index (χ2n) is 4.37. The Balaban J connectivity index is 1.97. The van der Waals surface area contributed by atoms with Gasteiger partial charge in [0.2, 0.25) is 0 Å². The van der Waals surface area contributed by atoms with E-state index in [1.165, 1.54) is 6.33 Å². The summed E-state index contributed by atoms with van der Waals surface area (Å²) in [5.74, 6) is 0.652. The van der Waals surface area contributed by atoms with Crippen molar-refractivity contribution in [2.75, 3.05) is 6.54 Å². The molecule has 0 spiro atoms. The fourth-order valence-corrected chi connectivity index (χ4v) is 1.50. The van der Waals surface area contributed by atoms with E-state index < -0.39 is 0 Å². The van der Waals surface area contributed by atoms with Gasteiger partial charge in [0, 0.05) is 12.7 Å². The van der Waals surface area contributed by atoms with E-state index in [2.05, 4.69) is 34.2 Å². The van der Waals surface area contributed by atoms with E-state index in [-0.39, 0.29) is 0 Å². The molecular formula is C12H17N5. The molecular weight excluding hydrogens is 214 g/mol. The summed E-state index contributed by atoms with van der Waals surface area (Å²) in [7, 11) is 0. The molecule has 5 nitrogen and oxygen atoms in total. The molecule has 0 fully saturated rings. The van der Waals surface area contributed by atoms with Crippen LogP contribution in [0.25, 0.3) is 5.69 Å². The van der Waals surface area contributed by atoms with E-state index >= 15 is 0 Å². The fraction of sp³-hybridized carbons (Fsp3) is 0.417. The van der Waals surface area contributed by atoms with Crippen molar-refractivity contribution in [3.05, 3.63) is 36.7 Å². The molecule has 2 heterocycles. The summed E-state index contributed by atoms with van der Waals surface area (Å²) in [5, 5.41) is 7.81. The number of nitrogens with zero attached hydrogens (tertiary/aromatic N) is 4. The number of aromatic nitrogens is 4. The first-order valence-electron chi connectivity index (χ1n) is 5.76. The molecule has 0 bridgehead atoms.